The molecule has 0 spiro atoms. The summed E-state index contributed by atoms with van der Waals surface area (Å²) in [6.45, 7) is 0.484. The average molecular weight is 415 g/mol. The number of nitrogens with zero attached hydrogens (tertiary/aromatic N) is 3. The van der Waals surface area contributed by atoms with Gasteiger partial charge in [0, 0.05) is 23.5 Å². The number of halogens is 2. The molecule has 0 unspecified atom stereocenters. The molecule has 8 heteroatoms. The van der Waals surface area contributed by atoms with Crippen LogP contribution in [0.3, 0.4) is 0 Å². The summed E-state index contributed by atoms with van der Waals surface area (Å²) in [7, 11) is 0. The fraction of sp³-hybridized carbons (Fsp3) is 0.100. The lowest BCUT2D eigenvalue weighted by Gasteiger charge is -2.12. The zero-order chi connectivity index (χ0) is 19.5. The molecule has 0 radical (unpaired) electrons. The Labute approximate surface area is 171 Å². The van der Waals surface area contributed by atoms with Crippen LogP contribution in [0.25, 0.3) is 11.0 Å². The minimum Gasteiger partial charge on any atom is -0.456 e. The van der Waals surface area contributed by atoms with Crippen molar-refractivity contribution in [2.75, 3.05) is 11.9 Å². The number of rotatable bonds is 6. The monoisotopic (exact) mass is 414 g/mol. The molecule has 2 N–H and O–H groups in total. The summed E-state index contributed by atoms with van der Waals surface area (Å²) in [5.41, 5.74) is 2.35. The van der Waals surface area contributed by atoms with E-state index >= 15 is 0 Å². The fourth-order valence-corrected chi connectivity index (χ4v) is 3.27. The van der Waals surface area contributed by atoms with E-state index < -0.39 is 0 Å². The van der Waals surface area contributed by atoms with E-state index in [0.717, 1.165) is 16.7 Å². The van der Waals surface area contributed by atoms with Crippen LogP contribution in [0.5, 0.6) is 11.5 Å². The number of aliphatic hydroxyl groups is 1. The second-order valence-corrected chi connectivity index (χ2v) is 6.86. The number of ether oxygens (including phenoxy) is 1. The van der Waals surface area contributed by atoms with Crippen LogP contribution >= 0.6 is 23.2 Å². The Balaban J connectivity index is 1.60. The van der Waals surface area contributed by atoms with E-state index in [1.807, 2.05) is 29.0 Å². The second-order valence-electron chi connectivity index (χ2n) is 6.02. The van der Waals surface area contributed by atoms with Crippen molar-refractivity contribution in [1.82, 2.24) is 14.5 Å². The lowest BCUT2D eigenvalue weighted by molar-refractivity contribution is 0.278. The quantitative estimate of drug-likeness (QED) is 0.449. The number of fused-ring (bicyclic) bond motifs is 1. The third-order valence-corrected chi connectivity index (χ3v) is 4.64. The Morgan fingerprint density at radius 2 is 1.96 bits per heavy atom. The first kappa shape index (κ1) is 18.6. The van der Waals surface area contributed by atoms with Gasteiger partial charge in [0.25, 0.3) is 0 Å². The summed E-state index contributed by atoms with van der Waals surface area (Å²) < 4.78 is 7.70. The molecule has 4 aromatic rings. The molecule has 0 saturated carbocycles. The predicted molar refractivity (Wildman–Crippen MR) is 111 cm³/mol. The Kier molecular flexibility index (Phi) is 5.34. The van der Waals surface area contributed by atoms with Gasteiger partial charge in [-0.25, -0.2) is 9.97 Å². The number of aromatic nitrogens is 3. The Bertz CT molecular complexity index is 1130. The van der Waals surface area contributed by atoms with Crippen LogP contribution in [0.2, 0.25) is 10.0 Å². The maximum atomic E-state index is 9.26. The summed E-state index contributed by atoms with van der Waals surface area (Å²) in [5.74, 6) is 1.75. The smallest absolute Gasteiger partial charge is 0.158 e. The fourth-order valence-electron chi connectivity index (χ4n) is 2.87. The lowest BCUT2D eigenvalue weighted by atomic mass is 10.3. The van der Waals surface area contributed by atoms with Crippen LogP contribution in [0.4, 0.5) is 11.5 Å². The molecule has 0 bridgehead atoms. The molecule has 6 nitrogen and oxygen atoms in total. The van der Waals surface area contributed by atoms with Gasteiger partial charge in [0.2, 0.25) is 0 Å². The standard InChI is InChI=1S/C20H16Cl2N4O2/c21-13-2-1-3-15(10-13)28-18-5-4-14(11-16(18)22)25-20-19-17(23-12-24-20)6-7-26(19)8-9-27/h1-7,10-12,27H,8-9H2,(H,23,24,25). The van der Waals surface area contributed by atoms with Crippen LogP contribution in [0.1, 0.15) is 0 Å². The van der Waals surface area contributed by atoms with Crippen LogP contribution in [-0.4, -0.2) is 26.2 Å². The maximum absolute atomic E-state index is 9.26. The number of hydrogen-bond acceptors (Lipinski definition) is 5. The minimum absolute atomic E-state index is 0.0273. The van der Waals surface area contributed by atoms with E-state index in [1.165, 1.54) is 6.33 Å². The molecule has 0 aliphatic carbocycles. The molecule has 28 heavy (non-hydrogen) atoms. The van der Waals surface area contributed by atoms with E-state index in [2.05, 4.69) is 15.3 Å². The van der Waals surface area contributed by atoms with Gasteiger partial charge in [-0.05, 0) is 42.5 Å². The minimum atomic E-state index is 0.0273. The summed E-state index contributed by atoms with van der Waals surface area (Å²) in [4.78, 5) is 8.59. The highest BCUT2D eigenvalue weighted by Gasteiger charge is 2.11. The first-order chi connectivity index (χ1) is 13.6. The molecular formula is C20H16Cl2N4O2. The Hall–Kier alpha value is -2.80. The van der Waals surface area contributed by atoms with E-state index in [1.54, 1.807) is 30.3 Å². The van der Waals surface area contributed by atoms with Crippen LogP contribution in [0.15, 0.2) is 61.1 Å². The number of aliphatic hydroxyl groups excluding tert-OH is 1. The number of hydrogen-bond donors (Lipinski definition) is 2. The van der Waals surface area contributed by atoms with Crippen molar-refractivity contribution < 1.29 is 9.84 Å². The first-order valence-electron chi connectivity index (χ1n) is 8.55. The van der Waals surface area contributed by atoms with Crippen LogP contribution in [-0.2, 0) is 6.54 Å². The molecule has 0 fully saturated rings. The average Bonchev–Trinajstić information content (AvgIpc) is 3.09. The van der Waals surface area contributed by atoms with Crippen molar-refractivity contribution in [3.8, 4) is 11.5 Å². The van der Waals surface area contributed by atoms with Crippen molar-refractivity contribution in [2.45, 2.75) is 6.54 Å². The summed E-state index contributed by atoms with van der Waals surface area (Å²) in [6.07, 6.45) is 3.36. The van der Waals surface area contributed by atoms with Gasteiger partial charge in [-0.3, -0.25) is 0 Å². The molecule has 142 valence electrons. The third-order valence-electron chi connectivity index (χ3n) is 4.11. The van der Waals surface area contributed by atoms with Crippen molar-refractivity contribution in [3.05, 3.63) is 71.1 Å². The number of nitrogens with one attached hydrogen (secondary N) is 1. The highest BCUT2D eigenvalue weighted by atomic mass is 35.5. The van der Waals surface area contributed by atoms with E-state index in [4.69, 9.17) is 27.9 Å². The van der Waals surface area contributed by atoms with Crippen molar-refractivity contribution in [3.63, 3.8) is 0 Å². The molecule has 0 aliphatic rings. The van der Waals surface area contributed by atoms with Crippen molar-refractivity contribution in [2.24, 2.45) is 0 Å². The highest BCUT2D eigenvalue weighted by molar-refractivity contribution is 6.32. The zero-order valence-corrected chi connectivity index (χ0v) is 16.2. The Morgan fingerprint density at radius 3 is 2.75 bits per heavy atom. The Morgan fingerprint density at radius 1 is 1.07 bits per heavy atom. The van der Waals surface area contributed by atoms with Gasteiger partial charge in [0.15, 0.2) is 5.82 Å². The SMILES string of the molecule is OCCn1ccc2ncnc(Nc3ccc(Oc4cccc(Cl)c4)c(Cl)c3)c21. The number of anilines is 2. The van der Waals surface area contributed by atoms with Gasteiger partial charge in [0.1, 0.15) is 23.3 Å². The first-order valence-corrected chi connectivity index (χ1v) is 9.30. The molecule has 2 aromatic heterocycles. The van der Waals surface area contributed by atoms with E-state index in [0.29, 0.717) is 33.9 Å². The van der Waals surface area contributed by atoms with Crippen LogP contribution < -0.4 is 10.1 Å². The molecule has 0 amide bonds. The number of benzene rings is 2. The third kappa shape index (κ3) is 3.89. The molecule has 4 rings (SSSR count). The summed E-state index contributed by atoms with van der Waals surface area (Å²) >= 11 is 12.4. The molecular weight excluding hydrogens is 399 g/mol. The van der Waals surface area contributed by atoms with Gasteiger partial charge in [-0.1, -0.05) is 29.3 Å². The van der Waals surface area contributed by atoms with Gasteiger partial charge >= 0.3 is 0 Å². The maximum Gasteiger partial charge on any atom is 0.158 e. The largest absolute Gasteiger partial charge is 0.456 e. The van der Waals surface area contributed by atoms with Crippen molar-refractivity contribution in [1.29, 1.82) is 0 Å². The topological polar surface area (TPSA) is 72.2 Å². The van der Waals surface area contributed by atoms with Gasteiger partial charge in [-0.2, -0.15) is 0 Å². The van der Waals surface area contributed by atoms with Gasteiger partial charge < -0.3 is 19.7 Å². The zero-order valence-electron chi connectivity index (χ0n) is 14.6. The highest BCUT2D eigenvalue weighted by Crippen LogP contribution is 2.34. The van der Waals surface area contributed by atoms with Crippen LogP contribution in [0, 0.1) is 0 Å². The lowest BCUT2D eigenvalue weighted by Crippen LogP contribution is -2.04. The molecule has 2 heterocycles. The molecule has 0 saturated heterocycles. The second kappa shape index (κ2) is 8.06. The molecule has 2 aromatic carbocycles. The normalized spacial score (nSPS) is 11.0. The predicted octanol–water partition coefficient (Wildman–Crippen LogP) is 5.27. The molecule has 0 aliphatic heterocycles. The van der Waals surface area contributed by atoms with Crippen molar-refractivity contribution >= 4 is 45.7 Å². The summed E-state index contributed by atoms with van der Waals surface area (Å²) in [6, 6.07) is 14.4. The van der Waals surface area contributed by atoms with E-state index in [9.17, 15) is 5.11 Å². The van der Waals surface area contributed by atoms with E-state index in [-0.39, 0.29) is 6.61 Å². The summed E-state index contributed by atoms with van der Waals surface area (Å²) in [5, 5.41) is 13.6. The van der Waals surface area contributed by atoms with Gasteiger partial charge in [-0.15, -0.1) is 0 Å². The van der Waals surface area contributed by atoms with Gasteiger partial charge in [0.05, 0.1) is 17.1 Å². The molecule has 0 atom stereocenters.